The summed E-state index contributed by atoms with van der Waals surface area (Å²) >= 11 is 0. The van der Waals surface area contributed by atoms with Crippen LogP contribution in [0.2, 0.25) is 0 Å². The SMILES string of the molecule is CCC(CC)NC(=O)CNCCOC. The summed E-state index contributed by atoms with van der Waals surface area (Å²) in [7, 11) is 1.64. The van der Waals surface area contributed by atoms with Crippen molar-refractivity contribution < 1.29 is 9.53 Å². The van der Waals surface area contributed by atoms with Crippen molar-refractivity contribution >= 4 is 5.91 Å². The number of ether oxygens (including phenoxy) is 1. The van der Waals surface area contributed by atoms with Gasteiger partial charge < -0.3 is 15.4 Å². The zero-order valence-electron chi connectivity index (χ0n) is 9.43. The van der Waals surface area contributed by atoms with Gasteiger partial charge in [0, 0.05) is 19.7 Å². The third-order valence-electron chi connectivity index (χ3n) is 2.12. The highest BCUT2D eigenvalue weighted by molar-refractivity contribution is 5.78. The summed E-state index contributed by atoms with van der Waals surface area (Å²) in [5, 5.41) is 5.95. The lowest BCUT2D eigenvalue weighted by Gasteiger charge is -2.14. The second-order valence-electron chi connectivity index (χ2n) is 3.25. The molecule has 0 heterocycles. The van der Waals surface area contributed by atoms with E-state index in [-0.39, 0.29) is 5.91 Å². The summed E-state index contributed by atoms with van der Waals surface area (Å²) in [6.07, 6.45) is 1.97. The van der Waals surface area contributed by atoms with Gasteiger partial charge in [0.05, 0.1) is 13.2 Å². The number of nitrogens with one attached hydrogen (secondary N) is 2. The van der Waals surface area contributed by atoms with Gasteiger partial charge in [-0.15, -0.1) is 0 Å². The smallest absolute Gasteiger partial charge is 0.234 e. The van der Waals surface area contributed by atoms with Gasteiger partial charge in [-0.05, 0) is 12.8 Å². The maximum absolute atomic E-state index is 11.3. The van der Waals surface area contributed by atoms with Gasteiger partial charge >= 0.3 is 0 Å². The fourth-order valence-corrected chi connectivity index (χ4v) is 1.15. The van der Waals surface area contributed by atoms with Crippen LogP contribution < -0.4 is 10.6 Å². The molecule has 0 saturated heterocycles. The van der Waals surface area contributed by atoms with Crippen molar-refractivity contribution in [3.63, 3.8) is 0 Å². The van der Waals surface area contributed by atoms with Crippen molar-refractivity contribution in [3.8, 4) is 0 Å². The Kier molecular flexibility index (Phi) is 8.57. The number of methoxy groups -OCH3 is 1. The lowest BCUT2D eigenvalue weighted by molar-refractivity contribution is -0.121. The van der Waals surface area contributed by atoms with Crippen molar-refractivity contribution in [3.05, 3.63) is 0 Å². The van der Waals surface area contributed by atoms with Gasteiger partial charge in [-0.1, -0.05) is 13.8 Å². The molecule has 0 fully saturated rings. The van der Waals surface area contributed by atoms with Crippen LogP contribution in [0, 0.1) is 0 Å². The maximum Gasteiger partial charge on any atom is 0.234 e. The van der Waals surface area contributed by atoms with E-state index in [1.807, 2.05) is 0 Å². The summed E-state index contributed by atoms with van der Waals surface area (Å²) in [5.41, 5.74) is 0. The van der Waals surface area contributed by atoms with E-state index in [1.54, 1.807) is 7.11 Å². The summed E-state index contributed by atoms with van der Waals surface area (Å²) < 4.78 is 4.85. The molecule has 0 spiro atoms. The van der Waals surface area contributed by atoms with Gasteiger partial charge in [0.1, 0.15) is 0 Å². The first-order valence-electron chi connectivity index (χ1n) is 5.23. The van der Waals surface area contributed by atoms with Crippen LogP contribution >= 0.6 is 0 Å². The minimum Gasteiger partial charge on any atom is -0.383 e. The predicted octanol–water partition coefficient (Wildman–Crippen LogP) is 0.527. The van der Waals surface area contributed by atoms with Gasteiger partial charge in [-0.25, -0.2) is 0 Å². The van der Waals surface area contributed by atoms with E-state index in [2.05, 4.69) is 24.5 Å². The Bertz CT molecular complexity index is 147. The molecule has 84 valence electrons. The van der Waals surface area contributed by atoms with Crippen LogP contribution in [0.15, 0.2) is 0 Å². The lowest BCUT2D eigenvalue weighted by Crippen LogP contribution is -2.40. The fraction of sp³-hybridized carbons (Fsp3) is 0.900. The topological polar surface area (TPSA) is 50.4 Å². The summed E-state index contributed by atoms with van der Waals surface area (Å²) in [6, 6.07) is 0.312. The lowest BCUT2D eigenvalue weighted by atomic mass is 10.2. The van der Waals surface area contributed by atoms with Crippen LogP contribution in [0.1, 0.15) is 26.7 Å². The second kappa shape index (κ2) is 8.97. The molecular formula is C10H22N2O2. The molecule has 0 aliphatic carbocycles. The quantitative estimate of drug-likeness (QED) is 0.564. The molecule has 0 aliphatic heterocycles. The Morgan fingerprint density at radius 3 is 2.50 bits per heavy atom. The highest BCUT2D eigenvalue weighted by Gasteiger charge is 2.06. The molecular weight excluding hydrogens is 180 g/mol. The molecule has 0 saturated carbocycles. The Labute approximate surface area is 86.4 Å². The summed E-state index contributed by atoms with van der Waals surface area (Å²) in [5.74, 6) is 0.0646. The molecule has 0 rings (SSSR count). The van der Waals surface area contributed by atoms with E-state index in [4.69, 9.17) is 4.74 Å². The molecule has 0 radical (unpaired) electrons. The first-order chi connectivity index (χ1) is 6.74. The number of carbonyl (C=O) groups is 1. The van der Waals surface area contributed by atoms with E-state index in [1.165, 1.54) is 0 Å². The van der Waals surface area contributed by atoms with Gasteiger partial charge in [0.25, 0.3) is 0 Å². The average Bonchev–Trinajstić information content (AvgIpc) is 2.21. The fourth-order valence-electron chi connectivity index (χ4n) is 1.15. The monoisotopic (exact) mass is 202 g/mol. The van der Waals surface area contributed by atoms with Crippen molar-refractivity contribution in [2.24, 2.45) is 0 Å². The zero-order chi connectivity index (χ0) is 10.8. The number of hydrogen-bond donors (Lipinski definition) is 2. The molecule has 4 nitrogen and oxygen atoms in total. The van der Waals surface area contributed by atoms with Crippen LogP contribution in [0.5, 0.6) is 0 Å². The first-order valence-corrected chi connectivity index (χ1v) is 5.23. The zero-order valence-corrected chi connectivity index (χ0v) is 9.43. The third-order valence-corrected chi connectivity index (χ3v) is 2.12. The number of hydrogen-bond acceptors (Lipinski definition) is 3. The van der Waals surface area contributed by atoms with Gasteiger partial charge in [-0.3, -0.25) is 4.79 Å². The molecule has 4 heteroatoms. The normalized spacial score (nSPS) is 10.6. The van der Waals surface area contributed by atoms with Crippen LogP contribution in [-0.2, 0) is 9.53 Å². The molecule has 0 aliphatic rings. The highest BCUT2D eigenvalue weighted by atomic mass is 16.5. The molecule has 1 amide bonds. The second-order valence-corrected chi connectivity index (χ2v) is 3.25. The van der Waals surface area contributed by atoms with Crippen molar-refractivity contribution in [2.75, 3.05) is 26.8 Å². The maximum atomic E-state index is 11.3. The Balaban J connectivity index is 3.44. The molecule has 0 aromatic carbocycles. The average molecular weight is 202 g/mol. The molecule has 0 atom stereocenters. The number of rotatable bonds is 8. The molecule has 0 aromatic rings. The van der Waals surface area contributed by atoms with Crippen molar-refractivity contribution in [2.45, 2.75) is 32.7 Å². The predicted molar refractivity (Wildman–Crippen MR) is 57.3 cm³/mol. The van der Waals surface area contributed by atoms with E-state index in [9.17, 15) is 4.79 Å². The highest BCUT2D eigenvalue weighted by Crippen LogP contribution is 1.94. The van der Waals surface area contributed by atoms with E-state index in [0.29, 0.717) is 25.7 Å². The van der Waals surface area contributed by atoms with Gasteiger partial charge in [0.2, 0.25) is 5.91 Å². The van der Waals surface area contributed by atoms with Crippen LogP contribution in [0.25, 0.3) is 0 Å². The standard InChI is InChI=1S/C10H22N2O2/c1-4-9(5-2)12-10(13)8-11-6-7-14-3/h9,11H,4-8H2,1-3H3,(H,12,13). The number of amides is 1. The van der Waals surface area contributed by atoms with Crippen LogP contribution in [0.3, 0.4) is 0 Å². The minimum absolute atomic E-state index is 0.0646. The molecule has 14 heavy (non-hydrogen) atoms. The minimum atomic E-state index is 0.0646. The van der Waals surface area contributed by atoms with Crippen LogP contribution in [-0.4, -0.2) is 38.8 Å². The van der Waals surface area contributed by atoms with Gasteiger partial charge in [-0.2, -0.15) is 0 Å². The van der Waals surface area contributed by atoms with E-state index >= 15 is 0 Å². The summed E-state index contributed by atoms with van der Waals surface area (Å²) in [6.45, 7) is 5.88. The molecule has 0 bridgehead atoms. The summed E-state index contributed by atoms with van der Waals surface area (Å²) in [4.78, 5) is 11.3. The molecule has 0 unspecified atom stereocenters. The first kappa shape index (κ1) is 13.4. The van der Waals surface area contributed by atoms with Gasteiger partial charge in [0.15, 0.2) is 0 Å². The Hall–Kier alpha value is -0.610. The van der Waals surface area contributed by atoms with E-state index in [0.717, 1.165) is 12.8 Å². The van der Waals surface area contributed by atoms with Crippen molar-refractivity contribution in [1.29, 1.82) is 0 Å². The van der Waals surface area contributed by atoms with E-state index < -0.39 is 0 Å². The third kappa shape index (κ3) is 6.86. The molecule has 2 N–H and O–H groups in total. The Morgan fingerprint density at radius 1 is 1.36 bits per heavy atom. The van der Waals surface area contributed by atoms with Crippen molar-refractivity contribution in [1.82, 2.24) is 10.6 Å². The Morgan fingerprint density at radius 2 is 2.00 bits per heavy atom. The van der Waals surface area contributed by atoms with Crippen LogP contribution in [0.4, 0.5) is 0 Å². The number of carbonyl (C=O) groups excluding carboxylic acids is 1. The molecule has 0 aromatic heterocycles. The largest absolute Gasteiger partial charge is 0.383 e.